The summed E-state index contributed by atoms with van der Waals surface area (Å²) in [7, 11) is -3.49. The number of benzene rings is 3. The van der Waals surface area contributed by atoms with Crippen LogP contribution in [0.5, 0.6) is 0 Å². The van der Waals surface area contributed by atoms with E-state index in [1.165, 1.54) is 6.07 Å². The molecule has 194 valence electrons. The van der Waals surface area contributed by atoms with E-state index in [9.17, 15) is 23.0 Å². The molecule has 0 atom stereocenters. The molecule has 4 rings (SSSR count). The van der Waals surface area contributed by atoms with Crippen molar-refractivity contribution in [3.63, 3.8) is 0 Å². The van der Waals surface area contributed by atoms with Crippen molar-refractivity contribution < 1.29 is 23.0 Å². The van der Waals surface area contributed by atoms with Crippen LogP contribution >= 0.6 is 11.6 Å². The minimum Gasteiger partial charge on any atom is -0.396 e. The van der Waals surface area contributed by atoms with Gasteiger partial charge in [0.05, 0.1) is 21.3 Å². The van der Waals surface area contributed by atoms with Crippen LogP contribution in [0.2, 0.25) is 5.02 Å². The molecule has 0 aliphatic rings. The van der Waals surface area contributed by atoms with Gasteiger partial charge < -0.3 is 10.2 Å². The highest BCUT2D eigenvalue weighted by Gasteiger charge is 2.25. The van der Waals surface area contributed by atoms with Crippen molar-refractivity contribution in [2.24, 2.45) is 0 Å². The summed E-state index contributed by atoms with van der Waals surface area (Å²) in [5, 5.41) is 19.9. The predicted octanol–water partition coefficient (Wildman–Crippen LogP) is 5.47. The number of hydrogen-bond donors (Lipinski definition) is 2. The zero-order valence-electron chi connectivity index (χ0n) is 21.0. The van der Waals surface area contributed by atoms with Crippen molar-refractivity contribution in [2.45, 2.75) is 37.7 Å². The van der Waals surface area contributed by atoms with E-state index in [0.29, 0.717) is 28.2 Å². The number of nitrogens with zero attached hydrogens (tertiary/aromatic N) is 2. The standard InChI is InChI=1S/C28H28ClFN2O4S/c1-17-14-19(20-9-8-18(12-13-33)24(15-20)37(4,35)36)10-11-23(17)32-16-25(28(2,3)34)31-27(32)21-6-5-7-22(30)26(21)29/h5-11,14-16,33-34H,12-13H2,1-4H3. The number of rotatable bonds is 7. The topological polar surface area (TPSA) is 92.4 Å². The van der Waals surface area contributed by atoms with Crippen LogP contribution in [0.25, 0.3) is 28.2 Å². The maximum atomic E-state index is 14.3. The third-order valence-corrected chi connectivity index (χ3v) is 7.73. The largest absolute Gasteiger partial charge is 0.396 e. The Balaban J connectivity index is 1.86. The number of aliphatic hydroxyl groups excluding tert-OH is 1. The zero-order chi connectivity index (χ0) is 27.1. The molecule has 0 amide bonds. The first kappa shape index (κ1) is 27.0. The molecule has 0 saturated carbocycles. The minimum absolute atomic E-state index is 0.0674. The van der Waals surface area contributed by atoms with E-state index < -0.39 is 21.3 Å². The molecule has 4 aromatic rings. The quantitative estimate of drug-likeness (QED) is 0.323. The van der Waals surface area contributed by atoms with Crippen LogP contribution in [-0.4, -0.2) is 41.0 Å². The fourth-order valence-electron chi connectivity index (χ4n) is 4.24. The van der Waals surface area contributed by atoms with Gasteiger partial charge in [-0.25, -0.2) is 17.8 Å². The fraction of sp³-hybridized carbons (Fsp3) is 0.250. The average Bonchev–Trinajstić information content (AvgIpc) is 3.26. The third-order valence-electron chi connectivity index (χ3n) is 6.16. The number of sulfone groups is 1. The van der Waals surface area contributed by atoms with Crippen LogP contribution in [0.4, 0.5) is 4.39 Å². The molecule has 0 aliphatic heterocycles. The number of imidazole rings is 1. The Bertz CT molecular complexity index is 1590. The van der Waals surface area contributed by atoms with Crippen molar-refractivity contribution in [3.8, 4) is 28.2 Å². The Hall–Kier alpha value is -3.04. The molecule has 0 aliphatic carbocycles. The van der Waals surface area contributed by atoms with Gasteiger partial charge in [0.25, 0.3) is 0 Å². The highest BCUT2D eigenvalue weighted by atomic mass is 35.5. The molecule has 2 N–H and O–H groups in total. The Morgan fingerprint density at radius 2 is 1.76 bits per heavy atom. The van der Waals surface area contributed by atoms with E-state index >= 15 is 0 Å². The average molecular weight is 543 g/mol. The summed E-state index contributed by atoms with van der Waals surface area (Å²) in [5.41, 5.74) is 3.20. The second-order valence-corrected chi connectivity index (χ2v) is 11.9. The summed E-state index contributed by atoms with van der Waals surface area (Å²) in [4.78, 5) is 4.78. The molecule has 0 spiro atoms. The van der Waals surface area contributed by atoms with Gasteiger partial charge in [0.2, 0.25) is 0 Å². The monoisotopic (exact) mass is 542 g/mol. The predicted molar refractivity (Wildman–Crippen MR) is 143 cm³/mol. The number of aryl methyl sites for hydroxylation is 1. The van der Waals surface area contributed by atoms with Crippen LogP contribution < -0.4 is 0 Å². The first-order chi connectivity index (χ1) is 17.3. The van der Waals surface area contributed by atoms with E-state index in [-0.39, 0.29) is 22.9 Å². The highest BCUT2D eigenvalue weighted by molar-refractivity contribution is 7.90. The molecular weight excluding hydrogens is 515 g/mol. The molecule has 0 radical (unpaired) electrons. The maximum absolute atomic E-state index is 14.3. The molecule has 0 unspecified atom stereocenters. The molecule has 9 heteroatoms. The van der Waals surface area contributed by atoms with Crippen LogP contribution in [-0.2, 0) is 21.9 Å². The molecule has 1 heterocycles. The number of aromatic nitrogens is 2. The molecule has 6 nitrogen and oxygen atoms in total. The Morgan fingerprint density at radius 3 is 2.38 bits per heavy atom. The number of aliphatic hydroxyl groups is 2. The molecule has 1 aromatic heterocycles. The highest BCUT2D eigenvalue weighted by Crippen LogP contribution is 2.35. The van der Waals surface area contributed by atoms with Crippen LogP contribution in [0.1, 0.15) is 30.7 Å². The molecule has 0 fully saturated rings. The SMILES string of the molecule is Cc1cc(-c2ccc(CCO)c(S(C)(=O)=O)c2)ccc1-n1cc(C(C)(C)O)nc1-c1cccc(F)c1Cl. The lowest BCUT2D eigenvalue weighted by molar-refractivity contribution is 0.0743. The Labute approximate surface area is 220 Å². The van der Waals surface area contributed by atoms with Crippen LogP contribution in [0.15, 0.2) is 65.7 Å². The minimum atomic E-state index is -3.49. The van der Waals surface area contributed by atoms with Crippen molar-refractivity contribution >= 4 is 21.4 Å². The van der Waals surface area contributed by atoms with Gasteiger partial charge in [0, 0.05) is 24.6 Å². The van der Waals surface area contributed by atoms with Crippen molar-refractivity contribution in [3.05, 3.63) is 88.5 Å². The van der Waals surface area contributed by atoms with Crippen molar-refractivity contribution in [1.29, 1.82) is 0 Å². The van der Waals surface area contributed by atoms with Gasteiger partial charge in [-0.3, -0.25) is 4.57 Å². The summed E-state index contributed by atoms with van der Waals surface area (Å²) < 4.78 is 40.8. The lowest BCUT2D eigenvalue weighted by Gasteiger charge is -2.15. The van der Waals surface area contributed by atoms with Gasteiger partial charge >= 0.3 is 0 Å². The van der Waals surface area contributed by atoms with Gasteiger partial charge in [0.15, 0.2) is 9.84 Å². The number of halogens is 2. The Kier molecular flexibility index (Phi) is 7.32. The summed E-state index contributed by atoms with van der Waals surface area (Å²) in [6.07, 6.45) is 3.10. The van der Waals surface area contributed by atoms with Gasteiger partial charge in [-0.15, -0.1) is 0 Å². The normalized spacial score (nSPS) is 12.2. The molecular formula is C28H28ClFN2O4S. The first-order valence-electron chi connectivity index (χ1n) is 11.6. The maximum Gasteiger partial charge on any atom is 0.175 e. The molecule has 0 saturated heterocycles. The van der Waals surface area contributed by atoms with E-state index in [0.717, 1.165) is 23.1 Å². The van der Waals surface area contributed by atoms with Crippen molar-refractivity contribution in [1.82, 2.24) is 9.55 Å². The van der Waals surface area contributed by atoms with Crippen LogP contribution in [0, 0.1) is 12.7 Å². The summed E-state index contributed by atoms with van der Waals surface area (Å²) in [5.74, 6) is -0.192. The van der Waals surface area contributed by atoms with Gasteiger partial charge in [-0.05, 0) is 79.8 Å². The van der Waals surface area contributed by atoms with Gasteiger partial charge in [-0.1, -0.05) is 35.9 Å². The second-order valence-electron chi connectivity index (χ2n) is 9.55. The van der Waals surface area contributed by atoms with Crippen molar-refractivity contribution in [2.75, 3.05) is 12.9 Å². The van der Waals surface area contributed by atoms with E-state index in [2.05, 4.69) is 4.98 Å². The van der Waals surface area contributed by atoms with E-state index in [4.69, 9.17) is 11.6 Å². The molecule has 37 heavy (non-hydrogen) atoms. The molecule has 3 aromatic carbocycles. The first-order valence-corrected chi connectivity index (χ1v) is 13.9. The summed E-state index contributed by atoms with van der Waals surface area (Å²) >= 11 is 6.29. The lowest BCUT2D eigenvalue weighted by Crippen LogP contribution is -2.15. The zero-order valence-corrected chi connectivity index (χ0v) is 22.5. The van der Waals surface area contributed by atoms with E-state index in [1.807, 2.05) is 31.2 Å². The third kappa shape index (κ3) is 5.48. The van der Waals surface area contributed by atoms with E-state index in [1.54, 1.807) is 48.9 Å². The lowest BCUT2D eigenvalue weighted by atomic mass is 10.00. The van der Waals surface area contributed by atoms with Gasteiger partial charge in [0.1, 0.15) is 17.2 Å². The van der Waals surface area contributed by atoms with Gasteiger partial charge in [-0.2, -0.15) is 0 Å². The van der Waals surface area contributed by atoms with Crippen LogP contribution in [0.3, 0.4) is 0 Å². The smallest absolute Gasteiger partial charge is 0.175 e. The summed E-state index contributed by atoms with van der Waals surface area (Å²) in [6.45, 7) is 4.99. The summed E-state index contributed by atoms with van der Waals surface area (Å²) in [6, 6.07) is 15.3. The second kappa shape index (κ2) is 10.0. The molecule has 0 bridgehead atoms. The number of hydrogen-bond acceptors (Lipinski definition) is 5. The fourth-order valence-corrected chi connectivity index (χ4v) is 5.43. The Morgan fingerprint density at radius 1 is 1.08 bits per heavy atom.